The zero-order valence-corrected chi connectivity index (χ0v) is 14.6. The third-order valence-electron chi connectivity index (χ3n) is 3.82. The molecule has 0 spiro atoms. The molecule has 0 aliphatic heterocycles. The van der Waals surface area contributed by atoms with Gasteiger partial charge in [0.2, 0.25) is 0 Å². The van der Waals surface area contributed by atoms with Gasteiger partial charge in [-0.3, -0.25) is 4.68 Å². The summed E-state index contributed by atoms with van der Waals surface area (Å²) in [5, 5.41) is 10.8. The molecule has 1 heterocycles. The molecule has 2 atom stereocenters. The van der Waals surface area contributed by atoms with E-state index in [2.05, 4.69) is 20.7 Å². The lowest BCUT2D eigenvalue weighted by molar-refractivity contribution is 0.0489. The number of aryl methyl sites for hydroxylation is 1. The quantitative estimate of drug-likeness (QED) is 0.863. The lowest BCUT2D eigenvalue weighted by atomic mass is 9.91. The minimum absolute atomic E-state index is 0.184. The molecule has 1 fully saturated rings. The van der Waals surface area contributed by atoms with Crippen LogP contribution in [0.4, 0.5) is 4.79 Å². The van der Waals surface area contributed by atoms with E-state index >= 15 is 0 Å². The van der Waals surface area contributed by atoms with Crippen LogP contribution in [0.5, 0.6) is 0 Å². The highest BCUT2D eigenvalue weighted by molar-refractivity contribution is 5.68. The number of nitrogens with one attached hydrogen (secondary N) is 2. The molecule has 2 unspecified atom stereocenters. The summed E-state index contributed by atoms with van der Waals surface area (Å²) >= 11 is 0. The van der Waals surface area contributed by atoms with E-state index in [0.717, 1.165) is 44.5 Å². The monoisotopic (exact) mass is 323 g/mol. The molecule has 0 bridgehead atoms. The highest BCUT2D eigenvalue weighted by Gasteiger charge is 2.25. The number of aromatic nitrogens is 3. The molecule has 23 heavy (non-hydrogen) atoms. The summed E-state index contributed by atoms with van der Waals surface area (Å²) in [6.07, 6.45) is 6.43. The van der Waals surface area contributed by atoms with Crippen molar-refractivity contribution in [2.75, 3.05) is 6.54 Å². The number of carbonyl (C=O) groups is 1. The van der Waals surface area contributed by atoms with Crippen LogP contribution in [0.3, 0.4) is 0 Å². The Balaban J connectivity index is 1.69. The molecule has 7 heteroatoms. The largest absolute Gasteiger partial charge is 0.444 e. The maximum Gasteiger partial charge on any atom is 0.407 e. The Morgan fingerprint density at radius 2 is 2.13 bits per heavy atom. The average Bonchev–Trinajstić information content (AvgIpc) is 2.82. The third-order valence-corrected chi connectivity index (χ3v) is 3.82. The topological polar surface area (TPSA) is 81.1 Å². The van der Waals surface area contributed by atoms with Crippen molar-refractivity contribution in [2.24, 2.45) is 7.05 Å². The Morgan fingerprint density at radius 3 is 2.78 bits per heavy atom. The summed E-state index contributed by atoms with van der Waals surface area (Å²) in [5.74, 6) is 0.860. The summed E-state index contributed by atoms with van der Waals surface area (Å²) < 4.78 is 7.05. The van der Waals surface area contributed by atoms with Gasteiger partial charge in [-0.15, -0.1) is 0 Å². The Morgan fingerprint density at radius 1 is 1.39 bits per heavy atom. The Kier molecular flexibility index (Phi) is 5.98. The highest BCUT2D eigenvalue weighted by Crippen LogP contribution is 2.19. The van der Waals surface area contributed by atoms with E-state index < -0.39 is 5.60 Å². The van der Waals surface area contributed by atoms with Gasteiger partial charge in [-0.1, -0.05) is 0 Å². The van der Waals surface area contributed by atoms with Gasteiger partial charge < -0.3 is 15.4 Å². The van der Waals surface area contributed by atoms with Gasteiger partial charge in [0.25, 0.3) is 0 Å². The number of carbonyl (C=O) groups excluding carboxylic acids is 1. The van der Waals surface area contributed by atoms with Gasteiger partial charge in [0.15, 0.2) is 5.82 Å². The fourth-order valence-corrected chi connectivity index (χ4v) is 2.87. The molecule has 1 aromatic rings. The van der Waals surface area contributed by atoms with Gasteiger partial charge >= 0.3 is 6.09 Å². The van der Waals surface area contributed by atoms with Crippen molar-refractivity contribution < 1.29 is 9.53 Å². The molecule has 1 amide bonds. The number of amides is 1. The van der Waals surface area contributed by atoms with Crippen molar-refractivity contribution in [1.82, 2.24) is 25.4 Å². The molecular formula is C16H29N5O2. The fraction of sp³-hybridized carbons (Fsp3) is 0.812. The highest BCUT2D eigenvalue weighted by atomic mass is 16.6. The summed E-state index contributed by atoms with van der Waals surface area (Å²) in [6.45, 7) is 6.49. The fourth-order valence-electron chi connectivity index (χ4n) is 2.87. The maximum absolute atomic E-state index is 11.9. The van der Waals surface area contributed by atoms with E-state index in [4.69, 9.17) is 4.74 Å². The first kappa shape index (κ1) is 17.7. The van der Waals surface area contributed by atoms with E-state index in [-0.39, 0.29) is 12.1 Å². The van der Waals surface area contributed by atoms with Gasteiger partial charge in [0.1, 0.15) is 11.9 Å². The minimum Gasteiger partial charge on any atom is -0.444 e. The zero-order chi connectivity index (χ0) is 16.9. The summed E-state index contributed by atoms with van der Waals surface area (Å²) in [5.41, 5.74) is -0.452. The predicted octanol–water partition coefficient (Wildman–Crippen LogP) is 1.78. The second-order valence-corrected chi connectivity index (χ2v) is 7.25. The van der Waals surface area contributed by atoms with Crippen molar-refractivity contribution in [3.63, 3.8) is 0 Å². The molecule has 1 saturated carbocycles. The Bertz CT molecular complexity index is 509. The number of hydrogen-bond acceptors (Lipinski definition) is 5. The van der Waals surface area contributed by atoms with E-state index in [0.29, 0.717) is 6.04 Å². The maximum atomic E-state index is 11.9. The van der Waals surface area contributed by atoms with E-state index in [1.54, 1.807) is 11.0 Å². The van der Waals surface area contributed by atoms with Crippen LogP contribution in [0.15, 0.2) is 6.33 Å². The molecule has 7 nitrogen and oxygen atoms in total. The number of hydrogen-bond donors (Lipinski definition) is 2. The Hall–Kier alpha value is -1.63. The predicted molar refractivity (Wildman–Crippen MR) is 88.1 cm³/mol. The molecule has 1 aliphatic rings. The Labute approximate surface area is 138 Å². The third kappa shape index (κ3) is 6.56. The lowest BCUT2D eigenvalue weighted by Gasteiger charge is -2.31. The van der Waals surface area contributed by atoms with Gasteiger partial charge in [-0.05, 0) is 46.5 Å². The molecule has 2 N–H and O–H groups in total. The lowest BCUT2D eigenvalue weighted by Crippen LogP contribution is -2.46. The van der Waals surface area contributed by atoms with Crippen LogP contribution >= 0.6 is 0 Å². The van der Waals surface area contributed by atoms with E-state index in [9.17, 15) is 4.79 Å². The smallest absolute Gasteiger partial charge is 0.407 e. The standard InChI is InChI=1S/C16H29N5O2/c1-16(2,3)23-15(22)19-13-7-5-6-12(10-13)17-9-8-14-18-11-21(4)20-14/h11-13,17H,5-10H2,1-4H3,(H,19,22). The van der Waals surface area contributed by atoms with Crippen LogP contribution in [0.25, 0.3) is 0 Å². The first-order valence-corrected chi connectivity index (χ1v) is 8.39. The van der Waals surface area contributed by atoms with Crippen molar-refractivity contribution in [3.8, 4) is 0 Å². The molecule has 1 aliphatic carbocycles. The number of nitrogens with zero attached hydrogens (tertiary/aromatic N) is 3. The summed E-state index contributed by atoms with van der Waals surface area (Å²) in [6, 6.07) is 0.608. The second kappa shape index (κ2) is 7.77. The number of alkyl carbamates (subject to hydrolysis) is 1. The van der Waals surface area contributed by atoms with E-state index in [1.165, 1.54) is 0 Å². The van der Waals surface area contributed by atoms with Crippen LogP contribution in [0.2, 0.25) is 0 Å². The second-order valence-electron chi connectivity index (χ2n) is 7.25. The minimum atomic E-state index is -0.452. The van der Waals surface area contributed by atoms with Gasteiger partial charge in [-0.25, -0.2) is 9.78 Å². The molecule has 2 rings (SSSR count). The molecule has 0 aromatic carbocycles. The van der Waals surface area contributed by atoms with Crippen molar-refractivity contribution in [3.05, 3.63) is 12.2 Å². The van der Waals surface area contributed by atoms with Crippen molar-refractivity contribution in [1.29, 1.82) is 0 Å². The average molecular weight is 323 g/mol. The first-order valence-electron chi connectivity index (χ1n) is 8.39. The molecule has 0 saturated heterocycles. The molecule has 1 aromatic heterocycles. The van der Waals surface area contributed by atoms with Crippen molar-refractivity contribution in [2.45, 2.75) is 70.6 Å². The van der Waals surface area contributed by atoms with Crippen LogP contribution in [0.1, 0.15) is 52.3 Å². The zero-order valence-electron chi connectivity index (χ0n) is 14.6. The van der Waals surface area contributed by atoms with Crippen LogP contribution in [-0.4, -0.2) is 45.1 Å². The van der Waals surface area contributed by atoms with Gasteiger partial charge in [-0.2, -0.15) is 5.10 Å². The molecule has 0 radical (unpaired) electrons. The summed E-state index contributed by atoms with van der Waals surface area (Å²) in [7, 11) is 1.87. The van der Waals surface area contributed by atoms with Gasteiger partial charge in [0.05, 0.1) is 0 Å². The van der Waals surface area contributed by atoms with Gasteiger partial charge in [0, 0.05) is 32.1 Å². The molecule has 130 valence electrons. The van der Waals surface area contributed by atoms with Crippen LogP contribution < -0.4 is 10.6 Å². The normalized spacial score (nSPS) is 21.9. The van der Waals surface area contributed by atoms with Crippen molar-refractivity contribution >= 4 is 6.09 Å². The number of rotatable bonds is 5. The van der Waals surface area contributed by atoms with Crippen LogP contribution in [0, 0.1) is 0 Å². The summed E-state index contributed by atoms with van der Waals surface area (Å²) in [4.78, 5) is 16.1. The number of ether oxygens (including phenoxy) is 1. The SMILES string of the molecule is Cn1cnc(CCNC2CCCC(NC(=O)OC(C)(C)C)C2)n1. The van der Waals surface area contributed by atoms with E-state index in [1.807, 2.05) is 27.8 Å². The van der Waals surface area contributed by atoms with Crippen LogP contribution in [-0.2, 0) is 18.2 Å². The molecular weight excluding hydrogens is 294 g/mol. The first-order chi connectivity index (χ1) is 10.8.